The van der Waals surface area contributed by atoms with Gasteiger partial charge in [0.2, 0.25) is 5.95 Å². The van der Waals surface area contributed by atoms with Gasteiger partial charge in [-0.2, -0.15) is 28.2 Å². The van der Waals surface area contributed by atoms with Crippen LogP contribution in [0.15, 0.2) is 74.6 Å². The van der Waals surface area contributed by atoms with E-state index in [2.05, 4.69) is 44.3 Å². The fraction of sp³-hybridized carbons (Fsp3) is 0.0909. The number of phenols is 1. The largest absolute Gasteiger partial charge is 1.00 e. The van der Waals surface area contributed by atoms with Gasteiger partial charge >= 0.3 is 65.2 Å². The van der Waals surface area contributed by atoms with Gasteiger partial charge in [-0.25, -0.2) is 8.42 Å². The Hall–Kier alpha value is -1.57. The van der Waals surface area contributed by atoms with Gasteiger partial charge in [-0.1, -0.05) is 0 Å². The summed E-state index contributed by atoms with van der Waals surface area (Å²) in [7, 11) is -3.74. The van der Waals surface area contributed by atoms with E-state index in [-0.39, 0.29) is 116 Å². The normalized spacial score (nSPS) is 11.4. The van der Waals surface area contributed by atoms with E-state index in [9.17, 15) is 32.8 Å². The zero-order valence-corrected chi connectivity index (χ0v) is 29.0. The molecule has 0 spiro atoms. The molecule has 0 fully saturated rings. The minimum absolute atomic E-state index is 0. The van der Waals surface area contributed by atoms with Crippen LogP contribution in [-0.2, 0) is 32.8 Å². The van der Waals surface area contributed by atoms with Crippen molar-refractivity contribution in [1.82, 2.24) is 9.97 Å². The number of aromatic hydroxyl groups is 1. The van der Waals surface area contributed by atoms with Gasteiger partial charge < -0.3 is 20.9 Å². The van der Waals surface area contributed by atoms with Crippen LogP contribution in [-0.4, -0.2) is 35.9 Å². The van der Waals surface area contributed by atoms with Gasteiger partial charge in [-0.05, 0) is 53.9 Å². The number of azo groups is 1. The Bertz CT molecular complexity index is 1680. The van der Waals surface area contributed by atoms with Gasteiger partial charge in [-0.3, -0.25) is 14.3 Å². The summed E-state index contributed by atoms with van der Waals surface area (Å²) >= 11 is 0.618. The van der Waals surface area contributed by atoms with Gasteiger partial charge in [0.05, 0.1) is 39.9 Å². The van der Waals surface area contributed by atoms with Gasteiger partial charge in [0.15, 0.2) is 27.9 Å². The van der Waals surface area contributed by atoms with Crippen LogP contribution in [0, 0.1) is 12.0 Å². The van der Waals surface area contributed by atoms with Crippen molar-refractivity contribution in [1.29, 1.82) is 0 Å². The second kappa shape index (κ2) is 18.5. The van der Waals surface area contributed by atoms with Crippen LogP contribution in [0.1, 0.15) is 0 Å². The number of sulfone groups is 1. The minimum Gasteiger partial charge on any atom is -0.691 e. The molecule has 0 radical (unpaired) electrons. The summed E-state index contributed by atoms with van der Waals surface area (Å²) < 4.78 is 64.6. The molecule has 0 amide bonds. The predicted molar refractivity (Wildman–Crippen MR) is 137 cm³/mol. The molecule has 0 aliphatic carbocycles. The third kappa shape index (κ3) is 10.8. The Morgan fingerprint density at radius 1 is 0.955 bits per heavy atom. The Kier molecular flexibility index (Phi) is 16.3. The summed E-state index contributed by atoms with van der Waals surface area (Å²) in [5.74, 6) is -2.01. The number of nitrogens with zero attached hydrogens (tertiary/aromatic N) is 4. The molecule has 222 valence electrons. The molecule has 15 nitrogen and oxygen atoms in total. The van der Waals surface area contributed by atoms with Crippen molar-refractivity contribution >= 4 is 67.9 Å². The topological polar surface area (TPSA) is 209 Å². The number of hydrogen-bond acceptors (Lipinski definition) is 17. The van der Waals surface area contributed by atoms with Crippen molar-refractivity contribution in [2.75, 3.05) is 17.7 Å². The average molecular weight is 690 g/mol. The van der Waals surface area contributed by atoms with Gasteiger partial charge in [0.25, 0.3) is 0 Å². The maximum atomic E-state index is 13.4. The van der Waals surface area contributed by atoms with E-state index in [1.165, 1.54) is 48.5 Å². The Labute approximate surface area is 300 Å². The number of halogens is 2. The molecule has 44 heavy (non-hydrogen) atoms. The van der Waals surface area contributed by atoms with Crippen LogP contribution >= 0.6 is 24.4 Å². The average Bonchev–Trinajstić information content (AvgIpc) is 2.95. The van der Waals surface area contributed by atoms with E-state index < -0.39 is 27.6 Å². The fourth-order valence-electron chi connectivity index (χ4n) is 3.40. The summed E-state index contributed by atoms with van der Waals surface area (Å²) in [6.07, 6.45) is -1.26. The Morgan fingerprint density at radius 2 is 1.68 bits per heavy atom. The Morgan fingerprint density at radius 3 is 2.36 bits per heavy atom. The number of rotatable bonds is 14. The zero-order valence-electron chi connectivity index (χ0n) is 22.5. The summed E-state index contributed by atoms with van der Waals surface area (Å²) in [6, 6.07) is 12.1. The van der Waals surface area contributed by atoms with Crippen LogP contribution in [0.4, 0.5) is 31.7 Å². The molecule has 0 bridgehead atoms. The van der Waals surface area contributed by atoms with Crippen LogP contribution in [0.25, 0.3) is 10.8 Å². The second-order valence-corrected chi connectivity index (χ2v) is 11.1. The summed E-state index contributed by atoms with van der Waals surface area (Å²) in [5, 5.41) is 49.0. The quantitative estimate of drug-likeness (QED) is 0.0207. The van der Waals surface area contributed by atoms with Crippen molar-refractivity contribution in [2.45, 2.75) is 9.79 Å². The van der Waals surface area contributed by atoms with Gasteiger partial charge in [0.1, 0.15) is 11.5 Å². The van der Waals surface area contributed by atoms with Gasteiger partial charge in [0, 0.05) is 17.1 Å². The first-order valence-corrected chi connectivity index (χ1v) is 14.2. The monoisotopic (exact) mass is 689 g/mol. The van der Waals surface area contributed by atoms with E-state index in [1.807, 2.05) is 0 Å². The summed E-state index contributed by atoms with van der Waals surface area (Å²) in [4.78, 5) is 6.43. The van der Waals surface area contributed by atoms with Crippen LogP contribution < -0.4 is 74.9 Å². The molecule has 22 heteroatoms. The molecule has 1 heterocycles. The van der Waals surface area contributed by atoms with Gasteiger partial charge in [-0.15, -0.1) is 9.45 Å². The first-order valence-electron chi connectivity index (χ1n) is 11.1. The maximum Gasteiger partial charge on any atom is 1.00 e. The number of aromatic nitrogens is 2. The molecule has 0 unspecified atom stereocenters. The van der Waals surface area contributed by atoms with E-state index in [0.717, 1.165) is 6.07 Å². The predicted octanol–water partition coefficient (Wildman–Crippen LogP) is -2.41. The minimum atomic E-state index is -3.74. The molecule has 3 aromatic carbocycles. The molecule has 1 aromatic heterocycles. The zero-order chi connectivity index (χ0) is 30.1. The molecule has 2 N–H and O–H groups in total. The maximum absolute atomic E-state index is 13.4. The third-order valence-corrected chi connectivity index (χ3v) is 7.83. The second-order valence-electron chi connectivity index (χ2n) is 7.74. The van der Waals surface area contributed by atoms with E-state index in [1.54, 1.807) is 0 Å². The number of nitrogens with one attached hydrogen (secondary N) is 1. The van der Waals surface area contributed by atoms with Crippen LogP contribution in [0.2, 0.25) is 0 Å². The first kappa shape index (κ1) is 38.6. The van der Waals surface area contributed by atoms with Crippen molar-refractivity contribution in [3.8, 4) is 5.75 Å². The molecule has 0 saturated heterocycles. The molecular weight excluding hydrogens is 674 g/mol. The van der Waals surface area contributed by atoms with Crippen molar-refractivity contribution < 1.29 is 115 Å². The summed E-state index contributed by atoms with van der Waals surface area (Å²) in [5.41, 5.74) is 0.443. The van der Waals surface area contributed by atoms with E-state index in [4.69, 9.17) is 4.18 Å². The Balaban J connectivity index is 0.00000337. The molecule has 0 saturated carbocycles. The van der Waals surface area contributed by atoms with Crippen molar-refractivity contribution in [3.05, 3.63) is 66.6 Å². The molecule has 0 aliphatic heterocycles. The first-order chi connectivity index (χ1) is 20.2. The SMILES string of the molecule is O=S(=O)(CCOSOO[O-])c1ccc(N=Nc2c(SOO[O-])cc3cc(Nc4cc(F)nc(F)n4)ccc3c2O)cc1.[Na+].[Na+]. The number of hydrogen-bond donors (Lipinski definition) is 2. The number of anilines is 2. The molecule has 0 aliphatic rings. The van der Waals surface area contributed by atoms with E-state index in [0.29, 0.717) is 23.1 Å². The molecule has 4 rings (SSSR count). The number of phenolic OH excluding ortho intramolecular Hbond substituents is 1. The molecule has 4 aromatic rings. The summed E-state index contributed by atoms with van der Waals surface area (Å²) in [6.45, 7) is -0.288. The van der Waals surface area contributed by atoms with Crippen LogP contribution in [0.3, 0.4) is 0 Å². The number of benzene rings is 3. The third-order valence-electron chi connectivity index (χ3n) is 5.14. The molecule has 0 atom stereocenters. The van der Waals surface area contributed by atoms with Crippen molar-refractivity contribution in [2.24, 2.45) is 10.2 Å². The standard InChI is InChI=1S/C22H17F2N5O10S3.2Na/c23-18-11-19(27-22(24)26-18)25-14-3-6-16-12(9-14)10-17(40-38-36-31)20(21(16)30)29-28-13-1-4-15(5-2-13)42(33,34)8-7-35-41-39-37-32;;/h1-6,9-11,30-32H,7-8H2,(H,25,26,27);;/q;2*+1/p-2. The van der Waals surface area contributed by atoms with E-state index >= 15 is 0 Å². The smallest absolute Gasteiger partial charge is 0.691 e. The van der Waals surface area contributed by atoms with Crippen LogP contribution in [0.5, 0.6) is 5.75 Å². The van der Waals surface area contributed by atoms with Crippen molar-refractivity contribution in [3.63, 3.8) is 0 Å². The fourth-order valence-corrected chi connectivity index (χ4v) is 5.30. The number of fused-ring (bicyclic) bond motifs is 1. The molecular formula is C22H15F2N5Na2O10S3.